The lowest BCUT2D eigenvalue weighted by Crippen LogP contribution is -2.55. The number of nitrogens with one attached hydrogen (secondary N) is 1. The lowest BCUT2D eigenvalue weighted by Gasteiger charge is -2.45. The molecule has 8 fully saturated rings. The van der Waals surface area contributed by atoms with Gasteiger partial charge in [0.1, 0.15) is 0 Å². The number of ether oxygens (including phenoxy) is 2. The standard InChI is InChI=1S/C23H39BrN2O3.C21H38N2O2/c24-14-23(28)26(21-2-1-3-22(21)27)20-10-12-25(13-11-20)19-8-6-18(7-9-19)16-29-15-17-4-5-17;24-21-3-1-2-20(21)22-18-10-12-23(13-11-18)19-8-6-17(7-9-19)15-25-14-16-4-5-16/h17-22,27H,1-16H2;16-22,24H,1-15H2/t18?,19?,21-,22+;17?,19?,20-,21+/m00/s1. The van der Waals surface area contributed by atoms with Crippen molar-refractivity contribution in [1.29, 1.82) is 0 Å². The highest BCUT2D eigenvalue weighted by Crippen LogP contribution is 2.35. The van der Waals surface area contributed by atoms with Crippen molar-refractivity contribution in [3.8, 4) is 0 Å². The molecule has 3 N–H and O–H groups in total. The fourth-order valence-corrected chi connectivity index (χ4v) is 11.4. The Morgan fingerprint density at radius 3 is 1.43 bits per heavy atom. The van der Waals surface area contributed by atoms with Gasteiger partial charge in [-0.15, -0.1) is 0 Å². The highest BCUT2D eigenvalue weighted by Gasteiger charge is 2.40. The predicted octanol–water partition coefficient (Wildman–Crippen LogP) is 6.51. The summed E-state index contributed by atoms with van der Waals surface area (Å²) in [6, 6.07) is 2.85. The van der Waals surface area contributed by atoms with Gasteiger partial charge >= 0.3 is 0 Å². The van der Waals surface area contributed by atoms with E-state index in [1.807, 2.05) is 0 Å². The first-order valence-corrected chi connectivity index (χ1v) is 24.2. The lowest BCUT2D eigenvalue weighted by molar-refractivity contribution is -0.137. The summed E-state index contributed by atoms with van der Waals surface area (Å²) in [4.78, 5) is 20.1. The Bertz CT molecular complexity index is 1100. The largest absolute Gasteiger partial charge is 0.392 e. The van der Waals surface area contributed by atoms with Crippen LogP contribution in [0.5, 0.6) is 0 Å². The molecule has 2 aliphatic heterocycles. The SMILES string of the molecule is O=C(CBr)N(C1CCN(C2CCC(COCC3CC3)CC2)CC1)[C@H]1CCC[C@H]1O.O[C@@H]1CCC[C@@H]1NC1CCN(C2CCC(COCC3CC3)CC2)CC1. The zero-order valence-corrected chi connectivity index (χ0v) is 35.3. The molecule has 2 heterocycles. The lowest BCUT2D eigenvalue weighted by atomic mass is 9.85. The molecule has 0 aromatic carbocycles. The molecule has 0 aromatic rings. The number of halogens is 1. The van der Waals surface area contributed by atoms with E-state index in [0.717, 1.165) is 114 Å². The summed E-state index contributed by atoms with van der Waals surface area (Å²) >= 11 is 3.36. The third kappa shape index (κ3) is 12.3. The molecule has 10 heteroatoms. The van der Waals surface area contributed by atoms with E-state index in [9.17, 15) is 15.0 Å². The summed E-state index contributed by atoms with van der Waals surface area (Å²) < 4.78 is 11.9. The van der Waals surface area contributed by atoms with E-state index in [0.29, 0.717) is 29.5 Å². The van der Waals surface area contributed by atoms with Gasteiger partial charge in [0, 0.05) is 69.7 Å². The Morgan fingerprint density at radius 2 is 1.02 bits per heavy atom. The first-order valence-electron chi connectivity index (χ1n) is 23.1. The number of aliphatic hydroxyl groups excluding tert-OH is 2. The summed E-state index contributed by atoms with van der Waals surface area (Å²) in [5, 5.41) is 24.5. The molecular weight excluding hydrogens is 744 g/mol. The van der Waals surface area contributed by atoms with Gasteiger partial charge in [0.25, 0.3) is 0 Å². The van der Waals surface area contributed by atoms with E-state index in [1.54, 1.807) is 0 Å². The van der Waals surface area contributed by atoms with Gasteiger partial charge in [0.05, 0.1) is 23.6 Å². The molecule has 4 atom stereocenters. The fourth-order valence-electron chi connectivity index (χ4n) is 11.1. The van der Waals surface area contributed by atoms with Crippen LogP contribution < -0.4 is 5.32 Å². The van der Waals surface area contributed by atoms with Crippen molar-refractivity contribution in [1.82, 2.24) is 20.0 Å². The fraction of sp³-hybridized carbons (Fsp3) is 0.977. The van der Waals surface area contributed by atoms with Crippen LogP contribution >= 0.6 is 15.9 Å². The number of alkyl halides is 1. The molecular formula is C44H77BrN4O5. The topological polar surface area (TPSA) is 97.7 Å². The minimum atomic E-state index is -0.339. The Morgan fingerprint density at radius 1 is 0.574 bits per heavy atom. The van der Waals surface area contributed by atoms with E-state index in [2.05, 4.69) is 35.9 Å². The maximum absolute atomic E-state index is 12.6. The van der Waals surface area contributed by atoms with Gasteiger partial charge in [-0.1, -0.05) is 15.9 Å². The Labute approximate surface area is 336 Å². The first-order chi connectivity index (χ1) is 26.4. The molecule has 8 aliphatic rings. The number of piperidine rings is 2. The normalized spacial score (nSPS) is 36.2. The molecule has 0 bridgehead atoms. The summed E-state index contributed by atoms with van der Waals surface area (Å²) in [5.74, 6) is 3.50. The van der Waals surface area contributed by atoms with Crippen LogP contribution in [0.3, 0.4) is 0 Å². The number of aliphatic hydroxyl groups is 2. The van der Waals surface area contributed by atoms with Crippen LogP contribution in [0.4, 0.5) is 0 Å². The Kier molecular flexibility index (Phi) is 16.3. The molecule has 310 valence electrons. The average molecular weight is 822 g/mol. The van der Waals surface area contributed by atoms with Gasteiger partial charge < -0.3 is 39.7 Å². The first kappa shape index (κ1) is 41.8. The van der Waals surface area contributed by atoms with Crippen molar-refractivity contribution in [3.05, 3.63) is 0 Å². The van der Waals surface area contributed by atoms with Gasteiger partial charge in [0.15, 0.2) is 0 Å². The summed E-state index contributed by atoms with van der Waals surface area (Å²) in [5.41, 5.74) is 0. The van der Waals surface area contributed by atoms with E-state index in [1.165, 1.54) is 109 Å². The Hall–Kier alpha value is -0.330. The van der Waals surface area contributed by atoms with Crippen LogP contribution in [0.1, 0.15) is 141 Å². The summed E-state index contributed by atoms with van der Waals surface area (Å²) in [7, 11) is 0. The maximum Gasteiger partial charge on any atom is 0.233 e. The highest BCUT2D eigenvalue weighted by atomic mass is 79.9. The van der Waals surface area contributed by atoms with E-state index >= 15 is 0 Å². The molecule has 0 radical (unpaired) electrons. The van der Waals surface area contributed by atoms with Crippen molar-refractivity contribution in [3.63, 3.8) is 0 Å². The molecule has 9 nitrogen and oxygen atoms in total. The molecule has 6 aliphatic carbocycles. The zero-order chi connectivity index (χ0) is 37.3. The van der Waals surface area contributed by atoms with Crippen molar-refractivity contribution in [2.45, 2.75) is 190 Å². The minimum absolute atomic E-state index is 0.0303. The van der Waals surface area contributed by atoms with Crippen molar-refractivity contribution < 1.29 is 24.5 Å². The molecule has 6 saturated carbocycles. The van der Waals surface area contributed by atoms with Crippen molar-refractivity contribution >= 4 is 21.8 Å². The van der Waals surface area contributed by atoms with E-state index in [-0.39, 0.29) is 24.2 Å². The second-order valence-corrected chi connectivity index (χ2v) is 19.7. The van der Waals surface area contributed by atoms with Gasteiger partial charge in [-0.3, -0.25) is 4.79 Å². The second kappa shape index (κ2) is 21.1. The van der Waals surface area contributed by atoms with Crippen LogP contribution in [0, 0.1) is 23.7 Å². The number of likely N-dealkylation sites (tertiary alicyclic amines) is 2. The Balaban J connectivity index is 0.000000168. The van der Waals surface area contributed by atoms with Gasteiger partial charge in [-0.05, 0) is 178 Å². The number of carbonyl (C=O) groups is 1. The predicted molar refractivity (Wildman–Crippen MR) is 219 cm³/mol. The van der Waals surface area contributed by atoms with Crippen LogP contribution in [-0.4, -0.2) is 137 Å². The third-order valence-corrected chi connectivity index (χ3v) is 15.5. The number of carbonyl (C=O) groups excluding carboxylic acids is 1. The van der Waals surface area contributed by atoms with Crippen LogP contribution in [0.2, 0.25) is 0 Å². The number of amides is 1. The average Bonchev–Trinajstić information content (AvgIpc) is 4.14. The van der Waals surface area contributed by atoms with Crippen LogP contribution in [0.25, 0.3) is 0 Å². The van der Waals surface area contributed by atoms with Crippen LogP contribution in [0.15, 0.2) is 0 Å². The quantitative estimate of drug-likeness (QED) is 0.161. The van der Waals surface area contributed by atoms with Gasteiger partial charge in [-0.25, -0.2) is 0 Å². The number of nitrogens with zero attached hydrogens (tertiary/aromatic N) is 3. The maximum atomic E-state index is 12.6. The molecule has 54 heavy (non-hydrogen) atoms. The minimum Gasteiger partial charge on any atom is -0.392 e. The monoisotopic (exact) mass is 821 g/mol. The van der Waals surface area contributed by atoms with Gasteiger partial charge in [-0.2, -0.15) is 0 Å². The number of hydrogen-bond donors (Lipinski definition) is 3. The molecule has 0 aromatic heterocycles. The molecule has 1 amide bonds. The third-order valence-electron chi connectivity index (χ3n) is 15.0. The summed E-state index contributed by atoms with van der Waals surface area (Å²) in [6.07, 6.45) is 26.6. The molecule has 0 spiro atoms. The van der Waals surface area contributed by atoms with Crippen molar-refractivity contribution in [2.24, 2.45) is 23.7 Å². The second-order valence-electron chi connectivity index (χ2n) is 19.2. The van der Waals surface area contributed by atoms with E-state index < -0.39 is 0 Å². The number of rotatable bonds is 15. The molecule has 8 rings (SSSR count). The van der Waals surface area contributed by atoms with Crippen LogP contribution in [-0.2, 0) is 14.3 Å². The van der Waals surface area contributed by atoms with E-state index in [4.69, 9.17) is 9.47 Å². The zero-order valence-electron chi connectivity index (χ0n) is 33.7. The van der Waals surface area contributed by atoms with Gasteiger partial charge in [0.2, 0.25) is 5.91 Å². The smallest absolute Gasteiger partial charge is 0.233 e. The highest BCUT2D eigenvalue weighted by molar-refractivity contribution is 9.09. The number of hydrogen-bond acceptors (Lipinski definition) is 8. The van der Waals surface area contributed by atoms with Crippen molar-refractivity contribution in [2.75, 3.05) is 57.9 Å². The molecule has 0 unspecified atom stereocenters. The molecule has 2 saturated heterocycles. The summed E-state index contributed by atoms with van der Waals surface area (Å²) in [6.45, 7) is 8.67.